The Morgan fingerprint density at radius 2 is 1.68 bits per heavy atom. The summed E-state index contributed by atoms with van der Waals surface area (Å²) < 4.78 is 11.3. The van der Waals surface area contributed by atoms with Gasteiger partial charge in [0.1, 0.15) is 5.58 Å². The quantitative estimate of drug-likeness (QED) is 0.217. The molecule has 3 aromatic carbocycles. The number of nitrogens with one attached hydrogen (secondary N) is 1. The van der Waals surface area contributed by atoms with Crippen molar-refractivity contribution in [3.05, 3.63) is 81.0 Å². The molecule has 0 saturated heterocycles. The lowest BCUT2D eigenvalue weighted by Crippen LogP contribution is -2.30. The van der Waals surface area contributed by atoms with Gasteiger partial charge in [0.05, 0.1) is 45.9 Å². The van der Waals surface area contributed by atoms with Gasteiger partial charge in [0.25, 0.3) is 11.8 Å². The molecule has 4 aromatic rings. The summed E-state index contributed by atoms with van der Waals surface area (Å²) in [4.78, 5) is 56.1. The molecular weight excluding hydrogens is 484 g/mol. The van der Waals surface area contributed by atoms with E-state index in [2.05, 4.69) is 5.32 Å². The molecule has 192 valence electrons. The summed E-state index contributed by atoms with van der Waals surface area (Å²) in [5, 5.41) is 3.66. The van der Waals surface area contributed by atoms with Gasteiger partial charge in [-0.05, 0) is 44.0 Å². The minimum atomic E-state index is -0.883. The third kappa shape index (κ3) is 3.59. The molecule has 1 saturated carbocycles. The fourth-order valence-corrected chi connectivity index (χ4v) is 5.65. The molecule has 8 heteroatoms. The van der Waals surface area contributed by atoms with Gasteiger partial charge in [-0.1, -0.05) is 49.1 Å². The highest BCUT2D eigenvalue weighted by atomic mass is 16.5. The van der Waals surface area contributed by atoms with E-state index in [1.807, 2.05) is 13.0 Å². The van der Waals surface area contributed by atoms with Crippen LogP contribution in [0.5, 0.6) is 0 Å². The van der Waals surface area contributed by atoms with Crippen molar-refractivity contribution >= 4 is 51.1 Å². The van der Waals surface area contributed by atoms with E-state index in [9.17, 15) is 19.2 Å². The number of anilines is 2. The molecule has 1 aromatic heterocycles. The van der Waals surface area contributed by atoms with Crippen LogP contribution in [0.3, 0.4) is 0 Å². The van der Waals surface area contributed by atoms with Gasteiger partial charge in [0.15, 0.2) is 5.58 Å². The average molecular weight is 511 g/mol. The van der Waals surface area contributed by atoms with E-state index >= 15 is 0 Å². The lowest BCUT2D eigenvalue weighted by molar-refractivity contribution is 0.0599. The van der Waals surface area contributed by atoms with Gasteiger partial charge >= 0.3 is 5.97 Å². The molecule has 1 N–H and O–H groups in total. The Morgan fingerprint density at radius 3 is 2.39 bits per heavy atom. The van der Waals surface area contributed by atoms with Gasteiger partial charge < -0.3 is 14.5 Å². The Morgan fingerprint density at radius 1 is 0.974 bits per heavy atom. The molecule has 2 heterocycles. The Bertz CT molecular complexity index is 1700. The molecule has 0 atom stereocenters. The number of ether oxygens (including phenoxy) is 1. The topological polar surface area (TPSA) is 106 Å². The predicted molar refractivity (Wildman–Crippen MR) is 144 cm³/mol. The molecule has 2 aliphatic rings. The largest absolute Gasteiger partial charge is 0.465 e. The SMILES string of the molecule is COC(=O)c1c2c(c(NC3CCCCC3)c3oc4ccc(C)cc4c(=O)c13)C(=O)N(c1ccccc1)C2=O. The number of imide groups is 1. The minimum Gasteiger partial charge on any atom is -0.465 e. The number of esters is 1. The zero-order chi connectivity index (χ0) is 26.6. The number of carbonyl (C=O) groups is 3. The molecule has 0 spiro atoms. The van der Waals surface area contributed by atoms with E-state index < -0.39 is 23.2 Å². The van der Waals surface area contributed by atoms with Crippen molar-refractivity contribution in [1.82, 2.24) is 0 Å². The molecule has 6 rings (SSSR count). The monoisotopic (exact) mass is 510 g/mol. The van der Waals surface area contributed by atoms with Crippen LogP contribution in [0.4, 0.5) is 11.4 Å². The predicted octanol–water partition coefficient (Wildman–Crippen LogP) is 5.59. The highest BCUT2D eigenvalue weighted by Crippen LogP contribution is 2.42. The van der Waals surface area contributed by atoms with Crippen molar-refractivity contribution < 1.29 is 23.5 Å². The van der Waals surface area contributed by atoms with Gasteiger partial charge in [-0.2, -0.15) is 0 Å². The normalized spacial score (nSPS) is 15.8. The molecule has 38 heavy (non-hydrogen) atoms. The van der Waals surface area contributed by atoms with Crippen molar-refractivity contribution in [3.63, 3.8) is 0 Å². The molecule has 1 fully saturated rings. The molecule has 1 aliphatic carbocycles. The fourth-order valence-electron chi connectivity index (χ4n) is 5.65. The Balaban J connectivity index is 1.74. The number of para-hydroxylation sites is 1. The molecule has 0 radical (unpaired) electrons. The Labute approximate surface area is 218 Å². The molecule has 1 aliphatic heterocycles. The van der Waals surface area contributed by atoms with Gasteiger partial charge in [-0.25, -0.2) is 9.69 Å². The maximum atomic E-state index is 14.0. The molecule has 0 bridgehead atoms. The van der Waals surface area contributed by atoms with Crippen LogP contribution in [-0.4, -0.2) is 30.9 Å². The van der Waals surface area contributed by atoms with Crippen molar-refractivity contribution in [2.24, 2.45) is 0 Å². The van der Waals surface area contributed by atoms with Crippen molar-refractivity contribution in [2.45, 2.75) is 45.1 Å². The van der Waals surface area contributed by atoms with Crippen LogP contribution in [0.1, 0.15) is 68.7 Å². The van der Waals surface area contributed by atoms with Crippen molar-refractivity contribution in [3.8, 4) is 0 Å². The second-order valence-electron chi connectivity index (χ2n) is 9.89. The lowest BCUT2D eigenvalue weighted by Gasteiger charge is -2.25. The van der Waals surface area contributed by atoms with Crippen molar-refractivity contribution in [1.29, 1.82) is 0 Å². The van der Waals surface area contributed by atoms with E-state index in [0.717, 1.165) is 42.6 Å². The van der Waals surface area contributed by atoms with Crippen LogP contribution in [0, 0.1) is 6.92 Å². The number of carbonyl (C=O) groups excluding carboxylic acids is 3. The van der Waals surface area contributed by atoms with Crippen LogP contribution < -0.4 is 15.6 Å². The smallest absolute Gasteiger partial charge is 0.339 e. The van der Waals surface area contributed by atoms with Crippen LogP contribution in [0.15, 0.2) is 57.7 Å². The first kappa shape index (κ1) is 23.9. The summed E-state index contributed by atoms with van der Waals surface area (Å²) in [7, 11) is 1.18. The number of benzene rings is 3. The lowest BCUT2D eigenvalue weighted by atomic mass is 9.92. The number of fused-ring (bicyclic) bond motifs is 3. The Hall–Kier alpha value is -4.46. The number of aryl methyl sites for hydroxylation is 1. The number of hydrogen-bond donors (Lipinski definition) is 1. The maximum Gasteiger partial charge on any atom is 0.339 e. The van der Waals surface area contributed by atoms with E-state index in [1.54, 1.807) is 42.5 Å². The summed E-state index contributed by atoms with van der Waals surface area (Å²) in [5.41, 5.74) is 1.04. The molecule has 8 nitrogen and oxygen atoms in total. The average Bonchev–Trinajstić information content (AvgIpc) is 3.19. The first-order chi connectivity index (χ1) is 18.4. The number of methoxy groups -OCH3 is 1. The van der Waals surface area contributed by atoms with Gasteiger partial charge in [-0.15, -0.1) is 0 Å². The van der Waals surface area contributed by atoms with E-state index in [0.29, 0.717) is 11.3 Å². The van der Waals surface area contributed by atoms with Gasteiger partial charge in [0, 0.05) is 6.04 Å². The maximum absolute atomic E-state index is 14.0. The minimum absolute atomic E-state index is 0.0203. The standard InChI is InChI=1S/C30H26N2O6/c1-16-13-14-20-19(15-16)26(33)24-22(30(36)37-2)21-23(25(27(24)38-20)31-17-9-5-3-6-10-17)29(35)32(28(21)34)18-11-7-4-8-12-18/h4,7-8,11-15,17,31H,3,5-6,9-10H2,1-2H3. The highest BCUT2D eigenvalue weighted by molar-refractivity contribution is 6.40. The third-order valence-electron chi connectivity index (χ3n) is 7.46. The zero-order valence-corrected chi connectivity index (χ0v) is 21.1. The van der Waals surface area contributed by atoms with E-state index in [4.69, 9.17) is 9.15 Å². The number of hydrogen-bond acceptors (Lipinski definition) is 7. The molecule has 2 amide bonds. The fraction of sp³-hybridized carbons (Fsp3) is 0.267. The van der Waals surface area contributed by atoms with Crippen LogP contribution in [-0.2, 0) is 4.74 Å². The molecular formula is C30H26N2O6. The number of rotatable bonds is 4. The van der Waals surface area contributed by atoms with E-state index in [1.165, 1.54) is 7.11 Å². The summed E-state index contributed by atoms with van der Waals surface area (Å²) in [5.74, 6) is -2.16. The van der Waals surface area contributed by atoms with Gasteiger partial charge in [-0.3, -0.25) is 14.4 Å². The Kier molecular flexibility index (Phi) is 5.75. The zero-order valence-electron chi connectivity index (χ0n) is 21.1. The number of nitrogens with zero attached hydrogens (tertiary/aromatic N) is 1. The first-order valence-electron chi connectivity index (χ1n) is 12.8. The number of amides is 2. The summed E-state index contributed by atoms with van der Waals surface area (Å²) in [6.45, 7) is 1.85. The molecule has 0 unspecified atom stereocenters. The summed E-state index contributed by atoms with van der Waals surface area (Å²) in [6.07, 6.45) is 4.91. The second-order valence-corrected chi connectivity index (χ2v) is 9.89. The van der Waals surface area contributed by atoms with E-state index in [-0.39, 0.29) is 44.8 Å². The van der Waals surface area contributed by atoms with Crippen LogP contribution in [0.2, 0.25) is 0 Å². The van der Waals surface area contributed by atoms with Crippen LogP contribution in [0.25, 0.3) is 21.9 Å². The van der Waals surface area contributed by atoms with Gasteiger partial charge in [0.2, 0.25) is 5.43 Å². The second kappa shape index (κ2) is 9.13. The highest BCUT2D eigenvalue weighted by Gasteiger charge is 2.45. The third-order valence-corrected chi connectivity index (χ3v) is 7.46. The summed E-state index contributed by atoms with van der Waals surface area (Å²) >= 11 is 0. The van der Waals surface area contributed by atoms with Crippen molar-refractivity contribution in [2.75, 3.05) is 17.3 Å². The first-order valence-corrected chi connectivity index (χ1v) is 12.8. The summed E-state index contributed by atoms with van der Waals surface area (Å²) in [6, 6.07) is 13.7. The van der Waals surface area contributed by atoms with Crippen LogP contribution >= 0.6 is 0 Å².